The molecular formula is C14H16N4O3. The maximum Gasteiger partial charge on any atom is 0.319 e. The van der Waals surface area contributed by atoms with E-state index in [1.54, 1.807) is 26.2 Å². The van der Waals surface area contributed by atoms with E-state index in [1.807, 2.05) is 23.5 Å². The van der Waals surface area contributed by atoms with E-state index in [9.17, 15) is 9.59 Å². The van der Waals surface area contributed by atoms with Crippen molar-refractivity contribution in [3.8, 4) is 11.8 Å². The van der Waals surface area contributed by atoms with Crippen molar-refractivity contribution >= 4 is 11.9 Å². The molecule has 0 unspecified atom stereocenters. The molecule has 3 amide bonds. The zero-order valence-electron chi connectivity index (χ0n) is 11.8. The minimum atomic E-state index is -1.01. The average Bonchev–Trinajstić information content (AvgIpc) is 2.45. The molecule has 1 aromatic rings. The Morgan fingerprint density at radius 1 is 1.38 bits per heavy atom. The molecule has 0 fully saturated rings. The highest BCUT2D eigenvalue weighted by Gasteiger charge is 2.14. The van der Waals surface area contributed by atoms with E-state index in [1.165, 1.54) is 0 Å². The number of allylic oxidation sites excluding steroid dienone is 1. The van der Waals surface area contributed by atoms with Gasteiger partial charge in [-0.3, -0.25) is 10.1 Å². The highest BCUT2D eigenvalue weighted by atomic mass is 16.5. The maximum absolute atomic E-state index is 11.6. The Hall–Kier alpha value is -3.01. The van der Waals surface area contributed by atoms with E-state index in [-0.39, 0.29) is 5.57 Å². The van der Waals surface area contributed by atoms with Crippen molar-refractivity contribution < 1.29 is 14.3 Å². The number of urea groups is 1. The molecule has 0 saturated heterocycles. The van der Waals surface area contributed by atoms with Crippen molar-refractivity contribution in [2.75, 3.05) is 7.11 Å². The summed E-state index contributed by atoms with van der Waals surface area (Å²) in [5.74, 6) is -0.145. The normalized spacial score (nSPS) is 10.9. The first-order chi connectivity index (χ1) is 9.99. The molecule has 0 aromatic heterocycles. The van der Waals surface area contributed by atoms with Gasteiger partial charge in [-0.2, -0.15) is 5.26 Å². The summed E-state index contributed by atoms with van der Waals surface area (Å²) in [7, 11) is 1.56. The number of benzene rings is 1. The third-order valence-electron chi connectivity index (χ3n) is 2.69. The van der Waals surface area contributed by atoms with Crippen LogP contribution in [0, 0.1) is 11.3 Å². The quantitative estimate of drug-likeness (QED) is 0.546. The summed E-state index contributed by atoms with van der Waals surface area (Å²) in [6.45, 7) is 1.93. The Kier molecular flexibility index (Phi) is 5.77. The van der Waals surface area contributed by atoms with Gasteiger partial charge in [0.1, 0.15) is 17.4 Å². The molecule has 0 bridgehead atoms. The van der Waals surface area contributed by atoms with Gasteiger partial charge in [-0.15, -0.1) is 0 Å². The zero-order chi connectivity index (χ0) is 15.8. The van der Waals surface area contributed by atoms with Crippen molar-refractivity contribution in [1.82, 2.24) is 10.6 Å². The number of para-hydroxylation sites is 1. The van der Waals surface area contributed by atoms with Gasteiger partial charge in [0.05, 0.1) is 7.11 Å². The lowest BCUT2D eigenvalue weighted by atomic mass is 10.1. The molecular weight excluding hydrogens is 272 g/mol. The third kappa shape index (κ3) is 4.54. The molecule has 0 aliphatic heterocycles. The minimum absolute atomic E-state index is 0.205. The number of primary amides is 1. The second kappa shape index (κ2) is 7.55. The van der Waals surface area contributed by atoms with E-state index >= 15 is 0 Å². The maximum atomic E-state index is 11.6. The number of ether oxygens (including phenoxy) is 1. The van der Waals surface area contributed by atoms with Crippen LogP contribution < -0.4 is 21.1 Å². The zero-order valence-corrected chi connectivity index (χ0v) is 11.8. The van der Waals surface area contributed by atoms with Crippen LogP contribution in [-0.4, -0.2) is 19.0 Å². The molecule has 7 heteroatoms. The van der Waals surface area contributed by atoms with Crippen LogP contribution in [0.5, 0.6) is 5.75 Å². The molecule has 21 heavy (non-hydrogen) atoms. The molecule has 0 saturated carbocycles. The fraction of sp³-hybridized carbons (Fsp3) is 0.214. The Labute approximate surface area is 122 Å². The predicted molar refractivity (Wildman–Crippen MR) is 75.9 cm³/mol. The number of nitrogens with one attached hydrogen (secondary N) is 2. The highest BCUT2D eigenvalue weighted by molar-refractivity contribution is 6.06. The molecule has 0 aliphatic carbocycles. The largest absolute Gasteiger partial charge is 0.496 e. The fourth-order valence-electron chi connectivity index (χ4n) is 1.64. The van der Waals surface area contributed by atoms with Crippen molar-refractivity contribution in [1.29, 1.82) is 5.26 Å². The Morgan fingerprint density at radius 3 is 2.62 bits per heavy atom. The topological polar surface area (TPSA) is 117 Å². The van der Waals surface area contributed by atoms with Crippen LogP contribution in [0.2, 0.25) is 0 Å². The van der Waals surface area contributed by atoms with Gasteiger partial charge in [0.2, 0.25) is 0 Å². The molecule has 1 rings (SSSR count). The molecule has 4 N–H and O–H groups in total. The number of carbonyl (C=O) groups excluding carboxylic acids is 2. The molecule has 110 valence electrons. The van der Waals surface area contributed by atoms with Crippen LogP contribution >= 0.6 is 0 Å². The standard InChI is InChI=1S/C14H16N4O3/c1-9(11(7-15)13(19)18-14(16)20)17-8-10-5-3-4-6-12(10)21-2/h3-6,17H,8H2,1-2H3,(H3,16,18,19,20). The summed E-state index contributed by atoms with van der Waals surface area (Å²) >= 11 is 0. The molecule has 0 heterocycles. The van der Waals surface area contributed by atoms with Crippen LogP contribution in [0.3, 0.4) is 0 Å². The predicted octanol–water partition coefficient (Wildman–Crippen LogP) is 0.777. The van der Waals surface area contributed by atoms with E-state index in [0.717, 1.165) is 5.56 Å². The smallest absolute Gasteiger partial charge is 0.319 e. The third-order valence-corrected chi connectivity index (χ3v) is 2.69. The summed E-state index contributed by atoms with van der Waals surface area (Å²) in [6.07, 6.45) is 0. The Morgan fingerprint density at radius 2 is 2.05 bits per heavy atom. The lowest BCUT2D eigenvalue weighted by molar-refractivity contribution is -0.116. The van der Waals surface area contributed by atoms with Crippen molar-refractivity contribution in [3.63, 3.8) is 0 Å². The van der Waals surface area contributed by atoms with E-state index in [4.69, 9.17) is 15.7 Å². The van der Waals surface area contributed by atoms with Crippen LogP contribution in [-0.2, 0) is 11.3 Å². The molecule has 0 spiro atoms. The van der Waals surface area contributed by atoms with Crippen molar-refractivity contribution in [2.24, 2.45) is 5.73 Å². The van der Waals surface area contributed by atoms with Crippen molar-refractivity contribution in [3.05, 3.63) is 41.1 Å². The highest BCUT2D eigenvalue weighted by Crippen LogP contribution is 2.17. The molecule has 1 aromatic carbocycles. The molecule has 0 radical (unpaired) electrons. The minimum Gasteiger partial charge on any atom is -0.496 e. The summed E-state index contributed by atoms with van der Waals surface area (Å²) in [5, 5.41) is 13.8. The summed E-state index contributed by atoms with van der Waals surface area (Å²) in [6, 6.07) is 8.08. The van der Waals surface area contributed by atoms with Gasteiger partial charge in [0.15, 0.2) is 0 Å². The van der Waals surface area contributed by atoms with E-state index in [0.29, 0.717) is 18.0 Å². The fourth-order valence-corrected chi connectivity index (χ4v) is 1.64. The second-order valence-electron chi connectivity index (χ2n) is 4.10. The van der Waals surface area contributed by atoms with Gasteiger partial charge < -0.3 is 15.8 Å². The first-order valence-corrected chi connectivity index (χ1v) is 6.07. The van der Waals surface area contributed by atoms with Crippen LogP contribution in [0.15, 0.2) is 35.5 Å². The van der Waals surface area contributed by atoms with Gasteiger partial charge in [-0.25, -0.2) is 4.79 Å². The number of nitrogens with zero attached hydrogens (tertiary/aromatic N) is 1. The number of nitriles is 1. The molecule has 0 aliphatic rings. The molecule has 7 nitrogen and oxygen atoms in total. The number of methoxy groups -OCH3 is 1. The van der Waals surface area contributed by atoms with Gasteiger partial charge in [0.25, 0.3) is 5.91 Å². The monoisotopic (exact) mass is 288 g/mol. The number of amides is 3. The number of hydrogen-bond donors (Lipinski definition) is 3. The second-order valence-corrected chi connectivity index (χ2v) is 4.10. The van der Waals surface area contributed by atoms with Crippen LogP contribution in [0.1, 0.15) is 12.5 Å². The van der Waals surface area contributed by atoms with Gasteiger partial charge in [-0.1, -0.05) is 18.2 Å². The number of rotatable bonds is 5. The lowest BCUT2D eigenvalue weighted by Crippen LogP contribution is -2.36. The number of carbonyl (C=O) groups is 2. The summed E-state index contributed by atoms with van der Waals surface area (Å²) < 4.78 is 5.20. The van der Waals surface area contributed by atoms with Crippen LogP contribution in [0.25, 0.3) is 0 Å². The van der Waals surface area contributed by atoms with Crippen molar-refractivity contribution in [2.45, 2.75) is 13.5 Å². The van der Waals surface area contributed by atoms with Gasteiger partial charge in [-0.05, 0) is 13.0 Å². The van der Waals surface area contributed by atoms with Gasteiger partial charge >= 0.3 is 6.03 Å². The SMILES string of the molecule is COc1ccccc1CNC(C)=C(C#N)C(=O)NC(N)=O. The van der Waals surface area contributed by atoms with Crippen LogP contribution in [0.4, 0.5) is 4.79 Å². The van der Waals surface area contributed by atoms with E-state index in [2.05, 4.69) is 5.32 Å². The Balaban J connectivity index is 2.85. The number of imide groups is 1. The lowest BCUT2D eigenvalue weighted by Gasteiger charge is -2.11. The Bertz CT molecular complexity index is 617. The van der Waals surface area contributed by atoms with E-state index < -0.39 is 11.9 Å². The van der Waals surface area contributed by atoms with Gasteiger partial charge in [0, 0.05) is 17.8 Å². The first-order valence-electron chi connectivity index (χ1n) is 6.07. The first kappa shape index (κ1) is 16.0. The number of hydrogen-bond acceptors (Lipinski definition) is 5. The summed E-state index contributed by atoms with van der Waals surface area (Å²) in [5.41, 5.74) is 5.85. The molecule has 0 atom stereocenters. The summed E-state index contributed by atoms with van der Waals surface area (Å²) in [4.78, 5) is 22.2. The average molecular weight is 288 g/mol. The number of nitrogens with two attached hydrogens (primary N) is 1.